The van der Waals surface area contributed by atoms with Gasteiger partial charge in [0.15, 0.2) is 5.78 Å². The van der Waals surface area contributed by atoms with Gasteiger partial charge < -0.3 is 0 Å². The number of hydrogen-bond donors (Lipinski definition) is 0. The van der Waals surface area contributed by atoms with Crippen LogP contribution in [0, 0.1) is 23.7 Å². The van der Waals surface area contributed by atoms with Crippen molar-refractivity contribution >= 4 is 17.1 Å². The molecule has 0 fully saturated rings. The lowest BCUT2D eigenvalue weighted by molar-refractivity contribution is 0.0832. The minimum Gasteiger partial charge on any atom is -0.294 e. The summed E-state index contributed by atoms with van der Waals surface area (Å²) in [5.41, 5.74) is 0.586. The predicted octanol–water partition coefficient (Wildman–Crippen LogP) is 3.11. The van der Waals surface area contributed by atoms with E-state index >= 15 is 0 Å². The SMILES string of the molecule is Cc1cc2c(s1)CC(C)(CCC#N)C2=O. The molecule has 2 rings (SSSR count). The van der Waals surface area contributed by atoms with Gasteiger partial charge in [0.2, 0.25) is 0 Å². The summed E-state index contributed by atoms with van der Waals surface area (Å²) in [6.45, 7) is 4.01. The molecule has 0 spiro atoms. The van der Waals surface area contributed by atoms with Gasteiger partial charge in [0.1, 0.15) is 0 Å². The third-order valence-corrected chi connectivity index (χ3v) is 4.11. The van der Waals surface area contributed by atoms with Crippen LogP contribution in [-0.4, -0.2) is 5.78 Å². The summed E-state index contributed by atoms with van der Waals surface area (Å²) in [5.74, 6) is 0.233. The molecule has 0 amide bonds. The van der Waals surface area contributed by atoms with Crippen LogP contribution >= 0.6 is 11.3 Å². The highest BCUT2D eigenvalue weighted by atomic mass is 32.1. The summed E-state index contributed by atoms with van der Waals surface area (Å²) in [7, 11) is 0. The van der Waals surface area contributed by atoms with Gasteiger partial charge in [-0.15, -0.1) is 11.3 Å². The summed E-state index contributed by atoms with van der Waals surface area (Å²) in [4.78, 5) is 14.5. The molecular weight excluding hydrogens is 206 g/mol. The molecule has 0 aliphatic heterocycles. The molecule has 1 aliphatic rings. The molecule has 1 heterocycles. The maximum Gasteiger partial charge on any atom is 0.170 e. The Labute approximate surface area is 93.5 Å². The average Bonchev–Trinajstić information content (AvgIpc) is 2.63. The fourth-order valence-corrected chi connectivity index (χ4v) is 3.40. The Morgan fingerprint density at radius 1 is 1.67 bits per heavy atom. The Bertz CT molecular complexity index is 455. The maximum atomic E-state index is 12.1. The first kappa shape index (κ1) is 10.4. The van der Waals surface area contributed by atoms with E-state index in [1.54, 1.807) is 11.3 Å². The summed E-state index contributed by atoms with van der Waals surface area (Å²) < 4.78 is 0. The highest BCUT2D eigenvalue weighted by Crippen LogP contribution is 2.43. The number of hydrogen-bond acceptors (Lipinski definition) is 3. The smallest absolute Gasteiger partial charge is 0.170 e. The summed E-state index contributed by atoms with van der Waals surface area (Å²) in [5, 5.41) is 8.58. The minimum atomic E-state index is -0.315. The average molecular weight is 219 g/mol. The van der Waals surface area contributed by atoms with Gasteiger partial charge in [-0.2, -0.15) is 5.26 Å². The molecule has 15 heavy (non-hydrogen) atoms. The van der Waals surface area contributed by atoms with Crippen LogP contribution < -0.4 is 0 Å². The van der Waals surface area contributed by atoms with Gasteiger partial charge in [-0.25, -0.2) is 0 Å². The second-order valence-electron chi connectivity index (χ2n) is 4.42. The zero-order chi connectivity index (χ0) is 11.1. The molecule has 2 nitrogen and oxygen atoms in total. The fraction of sp³-hybridized carbons (Fsp3) is 0.500. The van der Waals surface area contributed by atoms with Crippen LogP contribution in [-0.2, 0) is 6.42 Å². The molecule has 1 aromatic heterocycles. The van der Waals surface area contributed by atoms with Gasteiger partial charge in [-0.3, -0.25) is 4.79 Å². The molecule has 1 unspecified atom stereocenters. The van der Waals surface area contributed by atoms with E-state index in [1.807, 2.05) is 19.9 Å². The van der Waals surface area contributed by atoms with Crippen LogP contribution in [0.5, 0.6) is 0 Å². The van der Waals surface area contributed by atoms with Crippen molar-refractivity contribution in [1.82, 2.24) is 0 Å². The van der Waals surface area contributed by atoms with Crippen LogP contribution in [0.4, 0.5) is 0 Å². The first-order valence-electron chi connectivity index (χ1n) is 5.08. The number of aryl methyl sites for hydroxylation is 1. The lowest BCUT2D eigenvalue weighted by Crippen LogP contribution is -2.23. The minimum absolute atomic E-state index is 0.233. The predicted molar refractivity (Wildman–Crippen MR) is 60.0 cm³/mol. The number of nitrogens with zero attached hydrogens (tertiary/aromatic N) is 1. The molecule has 0 radical (unpaired) electrons. The van der Waals surface area contributed by atoms with Crippen molar-refractivity contribution < 1.29 is 4.79 Å². The van der Waals surface area contributed by atoms with Gasteiger partial charge in [0, 0.05) is 27.2 Å². The normalized spacial score (nSPS) is 23.9. The topological polar surface area (TPSA) is 40.9 Å². The molecule has 0 saturated heterocycles. The van der Waals surface area contributed by atoms with E-state index in [4.69, 9.17) is 5.26 Å². The Hall–Kier alpha value is -1.14. The van der Waals surface area contributed by atoms with Crippen molar-refractivity contribution in [1.29, 1.82) is 5.26 Å². The third-order valence-electron chi connectivity index (χ3n) is 3.06. The molecular formula is C12H13NOS. The number of thiophene rings is 1. The highest BCUT2D eigenvalue weighted by molar-refractivity contribution is 7.12. The first-order chi connectivity index (χ1) is 7.07. The van der Waals surface area contributed by atoms with E-state index in [0.717, 1.165) is 12.0 Å². The quantitative estimate of drug-likeness (QED) is 0.766. The zero-order valence-electron chi connectivity index (χ0n) is 8.96. The van der Waals surface area contributed by atoms with Gasteiger partial charge in [-0.05, 0) is 25.8 Å². The number of rotatable bonds is 2. The molecule has 78 valence electrons. The number of ketones is 1. The lowest BCUT2D eigenvalue weighted by Gasteiger charge is -2.19. The van der Waals surface area contributed by atoms with Crippen molar-refractivity contribution in [2.45, 2.75) is 33.1 Å². The van der Waals surface area contributed by atoms with Crippen molar-refractivity contribution in [2.24, 2.45) is 5.41 Å². The van der Waals surface area contributed by atoms with E-state index in [-0.39, 0.29) is 11.2 Å². The second-order valence-corrected chi connectivity index (χ2v) is 5.76. The molecule has 0 saturated carbocycles. The fourth-order valence-electron chi connectivity index (χ4n) is 2.18. The molecule has 1 aromatic rings. The van der Waals surface area contributed by atoms with E-state index in [2.05, 4.69) is 6.07 Å². The Morgan fingerprint density at radius 3 is 3.00 bits per heavy atom. The first-order valence-corrected chi connectivity index (χ1v) is 5.89. The molecule has 0 N–H and O–H groups in total. The monoisotopic (exact) mass is 219 g/mol. The molecule has 0 bridgehead atoms. The van der Waals surface area contributed by atoms with E-state index < -0.39 is 0 Å². The zero-order valence-corrected chi connectivity index (χ0v) is 9.78. The van der Waals surface area contributed by atoms with Crippen LogP contribution in [0.3, 0.4) is 0 Å². The maximum absolute atomic E-state index is 12.1. The van der Waals surface area contributed by atoms with Gasteiger partial charge in [-0.1, -0.05) is 6.92 Å². The Balaban J connectivity index is 2.27. The van der Waals surface area contributed by atoms with Crippen molar-refractivity contribution in [3.63, 3.8) is 0 Å². The number of nitriles is 1. The van der Waals surface area contributed by atoms with Crippen LogP contribution in [0.25, 0.3) is 0 Å². The van der Waals surface area contributed by atoms with Crippen molar-refractivity contribution in [2.75, 3.05) is 0 Å². The standard InChI is InChI=1S/C12H13NOS/c1-8-6-9-10(15-8)7-12(2,11(9)14)4-3-5-13/h6H,3-4,7H2,1-2H3. The molecule has 3 heteroatoms. The number of carbonyl (C=O) groups is 1. The second kappa shape index (κ2) is 3.46. The lowest BCUT2D eigenvalue weighted by atomic mass is 9.82. The number of carbonyl (C=O) groups excluding carboxylic acids is 1. The van der Waals surface area contributed by atoms with Gasteiger partial charge >= 0.3 is 0 Å². The van der Waals surface area contributed by atoms with E-state index in [0.29, 0.717) is 12.8 Å². The largest absolute Gasteiger partial charge is 0.294 e. The van der Waals surface area contributed by atoms with Crippen LogP contribution in [0.15, 0.2) is 6.07 Å². The van der Waals surface area contributed by atoms with Crippen molar-refractivity contribution in [3.8, 4) is 6.07 Å². The summed E-state index contributed by atoms with van der Waals surface area (Å²) >= 11 is 1.71. The van der Waals surface area contributed by atoms with Gasteiger partial charge in [0.25, 0.3) is 0 Å². The van der Waals surface area contributed by atoms with E-state index in [1.165, 1.54) is 9.75 Å². The van der Waals surface area contributed by atoms with E-state index in [9.17, 15) is 4.79 Å². The summed E-state index contributed by atoms with van der Waals surface area (Å²) in [6, 6.07) is 4.11. The Morgan fingerprint density at radius 2 is 2.40 bits per heavy atom. The molecule has 0 aromatic carbocycles. The van der Waals surface area contributed by atoms with Crippen molar-refractivity contribution in [3.05, 3.63) is 21.4 Å². The number of Topliss-reactive ketones (excluding diaryl/α,β-unsaturated/α-hetero) is 1. The molecule has 1 atom stereocenters. The summed E-state index contributed by atoms with van der Waals surface area (Å²) in [6.07, 6.45) is 1.97. The highest BCUT2D eigenvalue weighted by Gasteiger charge is 2.42. The van der Waals surface area contributed by atoms with Crippen LogP contribution in [0.2, 0.25) is 0 Å². The Kier molecular flexibility index (Phi) is 2.40. The number of fused-ring (bicyclic) bond motifs is 1. The van der Waals surface area contributed by atoms with Crippen LogP contribution in [0.1, 0.15) is 39.9 Å². The molecule has 1 aliphatic carbocycles. The third kappa shape index (κ3) is 1.59. The van der Waals surface area contributed by atoms with Gasteiger partial charge in [0.05, 0.1) is 6.07 Å².